The van der Waals surface area contributed by atoms with Crippen LogP contribution in [0.1, 0.15) is 41.6 Å². The highest BCUT2D eigenvalue weighted by Gasteiger charge is 2.31. The van der Waals surface area contributed by atoms with Crippen LogP contribution in [0.2, 0.25) is 10.0 Å². The van der Waals surface area contributed by atoms with Gasteiger partial charge >= 0.3 is 5.97 Å². The molecule has 0 unspecified atom stereocenters. The van der Waals surface area contributed by atoms with E-state index in [2.05, 4.69) is 16.7 Å². The Bertz CT molecular complexity index is 1230. The molecule has 0 bridgehead atoms. The van der Waals surface area contributed by atoms with Crippen molar-refractivity contribution in [3.63, 3.8) is 0 Å². The van der Waals surface area contributed by atoms with Crippen molar-refractivity contribution in [3.8, 4) is 11.8 Å². The number of carboxylic acids is 1. The summed E-state index contributed by atoms with van der Waals surface area (Å²) in [6, 6.07) is 11.6. The molecule has 0 radical (unpaired) electrons. The summed E-state index contributed by atoms with van der Waals surface area (Å²) in [7, 11) is 1.96. The molecule has 1 saturated carbocycles. The van der Waals surface area contributed by atoms with Crippen LogP contribution in [0.4, 0.5) is 0 Å². The number of halogens is 2. The molecule has 1 aliphatic rings. The molecule has 31 heavy (non-hydrogen) atoms. The highest BCUT2D eigenvalue weighted by Crippen LogP contribution is 2.38. The molecule has 0 amide bonds. The molecule has 1 N–H and O–H groups in total. The van der Waals surface area contributed by atoms with Gasteiger partial charge in [-0.3, -0.25) is 4.79 Å². The molecule has 0 saturated heterocycles. The largest absolute Gasteiger partial charge is 0.489 e. The van der Waals surface area contributed by atoms with Gasteiger partial charge in [0.2, 0.25) is 0 Å². The van der Waals surface area contributed by atoms with Crippen LogP contribution in [0.5, 0.6) is 5.75 Å². The molecule has 4 rings (SSSR count). The van der Waals surface area contributed by atoms with Crippen LogP contribution in [0.15, 0.2) is 30.3 Å². The summed E-state index contributed by atoms with van der Waals surface area (Å²) in [6.45, 7) is 1.99. The van der Waals surface area contributed by atoms with Gasteiger partial charge < -0.3 is 14.4 Å². The zero-order valence-corrected chi connectivity index (χ0v) is 18.8. The minimum Gasteiger partial charge on any atom is -0.489 e. The summed E-state index contributed by atoms with van der Waals surface area (Å²) in [5.41, 5.74) is 4.43. The highest BCUT2D eigenvalue weighted by atomic mass is 35.5. The minimum atomic E-state index is -0.778. The molecule has 5 nitrogen and oxygen atoms in total. The fourth-order valence-corrected chi connectivity index (χ4v) is 4.91. The predicted molar refractivity (Wildman–Crippen MR) is 121 cm³/mol. The molecule has 0 spiro atoms. The van der Waals surface area contributed by atoms with E-state index in [0.717, 1.165) is 27.7 Å². The fourth-order valence-electron chi connectivity index (χ4n) is 4.36. The number of carbonyl (C=O) groups is 1. The molecule has 7 heteroatoms. The number of aromatic nitrogens is 1. The zero-order valence-electron chi connectivity index (χ0n) is 17.3. The first-order chi connectivity index (χ1) is 14.8. The lowest BCUT2D eigenvalue weighted by molar-refractivity contribution is -0.141. The van der Waals surface area contributed by atoms with Gasteiger partial charge in [0, 0.05) is 35.1 Å². The number of benzene rings is 2. The number of fused-ring (bicyclic) bond motifs is 1. The Balaban J connectivity index is 1.64. The van der Waals surface area contributed by atoms with Gasteiger partial charge in [-0.05, 0) is 67.6 Å². The third-order valence-corrected chi connectivity index (χ3v) is 6.90. The number of carboxylic acid groups (broad SMARTS) is 1. The molecular weight excluding hydrogens is 435 g/mol. The summed E-state index contributed by atoms with van der Waals surface area (Å²) in [5, 5.41) is 20.6. The van der Waals surface area contributed by atoms with Crippen LogP contribution < -0.4 is 4.74 Å². The minimum absolute atomic E-state index is 0.169. The van der Waals surface area contributed by atoms with Crippen LogP contribution in [0.25, 0.3) is 10.9 Å². The maximum atomic E-state index is 11.2. The molecular formula is C24H22Cl2N2O3. The Kier molecular flexibility index (Phi) is 5.88. The molecule has 2 atom stereocenters. The van der Waals surface area contributed by atoms with Crippen molar-refractivity contribution in [3.05, 3.63) is 62.8 Å². The maximum Gasteiger partial charge on any atom is 0.306 e. The monoisotopic (exact) mass is 456 g/mol. The zero-order chi connectivity index (χ0) is 22.3. The molecule has 1 fully saturated rings. The number of nitrogens with zero attached hydrogens (tertiary/aromatic N) is 2. The van der Waals surface area contributed by atoms with Crippen LogP contribution >= 0.6 is 23.2 Å². The van der Waals surface area contributed by atoms with Crippen molar-refractivity contribution in [1.29, 1.82) is 5.26 Å². The Morgan fingerprint density at radius 3 is 2.74 bits per heavy atom. The Hall–Kier alpha value is -2.68. The normalized spacial score (nSPS) is 18.3. The van der Waals surface area contributed by atoms with Gasteiger partial charge in [-0.15, -0.1) is 0 Å². The summed E-state index contributed by atoms with van der Waals surface area (Å²) >= 11 is 13.2. The van der Waals surface area contributed by atoms with Gasteiger partial charge in [-0.25, -0.2) is 0 Å². The second kappa shape index (κ2) is 8.45. The second-order valence-corrected chi connectivity index (χ2v) is 8.92. The van der Waals surface area contributed by atoms with Crippen molar-refractivity contribution in [2.75, 3.05) is 0 Å². The lowest BCUT2D eigenvalue weighted by atomic mass is 10.1. The first-order valence-electron chi connectivity index (χ1n) is 10.1. The van der Waals surface area contributed by atoms with Gasteiger partial charge in [0.1, 0.15) is 5.75 Å². The van der Waals surface area contributed by atoms with Gasteiger partial charge in [-0.2, -0.15) is 5.26 Å². The Morgan fingerprint density at radius 2 is 2.06 bits per heavy atom. The smallest absolute Gasteiger partial charge is 0.306 e. The van der Waals surface area contributed by atoms with E-state index in [0.29, 0.717) is 47.0 Å². The summed E-state index contributed by atoms with van der Waals surface area (Å²) < 4.78 is 8.12. The topological polar surface area (TPSA) is 75.2 Å². The first-order valence-corrected chi connectivity index (χ1v) is 10.9. The summed E-state index contributed by atoms with van der Waals surface area (Å²) in [4.78, 5) is 11.2. The maximum absolute atomic E-state index is 11.2. The van der Waals surface area contributed by atoms with Crippen molar-refractivity contribution < 1.29 is 14.6 Å². The van der Waals surface area contributed by atoms with Crippen LogP contribution in [-0.2, 0) is 18.3 Å². The van der Waals surface area contributed by atoms with Crippen LogP contribution in [-0.4, -0.2) is 21.7 Å². The van der Waals surface area contributed by atoms with Gasteiger partial charge in [-0.1, -0.05) is 23.2 Å². The fraction of sp³-hybridized carbons (Fsp3) is 0.333. The van der Waals surface area contributed by atoms with E-state index in [1.807, 2.05) is 26.1 Å². The third kappa shape index (κ3) is 4.11. The number of ether oxygens (including phenoxy) is 1. The van der Waals surface area contributed by atoms with E-state index in [-0.39, 0.29) is 12.0 Å². The number of rotatable bonds is 5. The van der Waals surface area contributed by atoms with Gasteiger partial charge in [0.25, 0.3) is 0 Å². The third-order valence-electron chi connectivity index (χ3n) is 6.13. The SMILES string of the molecule is Cc1cc(C#N)cc2c1cc(Cc1c(Cl)ccc(O[C@H]3CC[C@H](C(=O)O)C3)c1Cl)n2C. The van der Waals surface area contributed by atoms with Gasteiger partial charge in [0.15, 0.2) is 0 Å². The van der Waals surface area contributed by atoms with Crippen molar-refractivity contribution in [2.45, 2.75) is 38.7 Å². The average molecular weight is 457 g/mol. The number of hydrogen-bond acceptors (Lipinski definition) is 3. The quantitative estimate of drug-likeness (QED) is 0.519. The standard InChI is InChI=1S/C24H22Cl2N2O3/c1-13-7-14(12-27)8-21-18(13)10-16(28(21)2)11-19-20(25)5-6-22(23(19)26)31-17-4-3-15(9-17)24(29)30/h5-8,10,15,17H,3-4,9,11H2,1-2H3,(H,29,30)/t15-,17-/m0/s1. The molecule has 160 valence electrons. The molecule has 0 aliphatic heterocycles. The molecule has 1 heterocycles. The van der Waals surface area contributed by atoms with Crippen LogP contribution in [0, 0.1) is 24.2 Å². The Morgan fingerprint density at radius 1 is 1.29 bits per heavy atom. The average Bonchev–Trinajstić information content (AvgIpc) is 3.33. The lowest BCUT2D eigenvalue weighted by Gasteiger charge is -2.17. The van der Waals surface area contributed by atoms with E-state index >= 15 is 0 Å². The molecule has 1 aliphatic carbocycles. The van der Waals surface area contributed by atoms with E-state index < -0.39 is 5.97 Å². The highest BCUT2D eigenvalue weighted by molar-refractivity contribution is 6.37. The summed E-state index contributed by atoms with van der Waals surface area (Å²) in [6.07, 6.45) is 2.11. The molecule has 1 aromatic heterocycles. The van der Waals surface area contributed by atoms with E-state index in [4.69, 9.17) is 27.9 Å². The van der Waals surface area contributed by atoms with Crippen molar-refractivity contribution in [1.82, 2.24) is 4.57 Å². The molecule has 3 aromatic rings. The van der Waals surface area contributed by atoms with E-state index in [1.54, 1.807) is 12.1 Å². The van der Waals surface area contributed by atoms with Crippen molar-refractivity contribution >= 4 is 40.1 Å². The van der Waals surface area contributed by atoms with Crippen molar-refractivity contribution in [2.24, 2.45) is 13.0 Å². The first kappa shape index (κ1) is 21.5. The number of nitriles is 1. The number of aryl methyl sites for hydroxylation is 2. The second-order valence-electron chi connectivity index (χ2n) is 8.14. The number of aliphatic carboxylic acids is 1. The van der Waals surface area contributed by atoms with E-state index in [1.165, 1.54) is 0 Å². The van der Waals surface area contributed by atoms with Gasteiger partial charge in [0.05, 0.1) is 28.7 Å². The van der Waals surface area contributed by atoms with Crippen LogP contribution in [0.3, 0.4) is 0 Å². The predicted octanol–water partition coefficient (Wildman–Crippen LogP) is 5.89. The summed E-state index contributed by atoms with van der Waals surface area (Å²) in [5.74, 6) is -0.619. The van der Waals surface area contributed by atoms with E-state index in [9.17, 15) is 15.2 Å². The Labute approximate surface area is 190 Å². The molecule has 2 aromatic carbocycles. The lowest BCUT2D eigenvalue weighted by Crippen LogP contribution is -2.16. The number of hydrogen-bond donors (Lipinski definition) is 1.